The zero-order chi connectivity index (χ0) is 24.8. The second-order valence-electron chi connectivity index (χ2n) is 9.31. The Hall–Kier alpha value is -3.90. The summed E-state index contributed by atoms with van der Waals surface area (Å²) in [6.45, 7) is 3.08. The van der Waals surface area contributed by atoms with E-state index in [1.54, 1.807) is 24.3 Å². The summed E-state index contributed by atoms with van der Waals surface area (Å²) in [5.41, 5.74) is 4.31. The first kappa shape index (κ1) is 22.6. The number of nitrogens with one attached hydrogen (secondary N) is 1. The second-order valence-corrected chi connectivity index (χ2v) is 9.75. The van der Waals surface area contributed by atoms with E-state index in [0.29, 0.717) is 36.5 Å². The Morgan fingerprint density at radius 1 is 0.917 bits per heavy atom. The standard InChI is InChI=1S/C29H25ClN4O2/c1-18-31-24-8-4-2-6-22(24)27-26(23-7-3-5-9-25(23)34(18)27)32-28(35)19-14-16-33(17-15-19)29(36)20-10-12-21(30)13-11-20/h2-13,19H,14-17H2,1H3,(H,32,35). The summed E-state index contributed by atoms with van der Waals surface area (Å²) in [5.74, 6) is 0.673. The van der Waals surface area contributed by atoms with E-state index in [1.807, 2.05) is 54.3 Å². The van der Waals surface area contributed by atoms with Crippen LogP contribution in [0, 0.1) is 12.8 Å². The summed E-state index contributed by atoms with van der Waals surface area (Å²) >= 11 is 5.95. The summed E-state index contributed by atoms with van der Waals surface area (Å²) in [6, 6.07) is 23.0. The molecule has 0 aliphatic carbocycles. The molecule has 3 aromatic carbocycles. The molecular weight excluding hydrogens is 472 g/mol. The van der Waals surface area contributed by atoms with Gasteiger partial charge >= 0.3 is 0 Å². The Kier molecular flexibility index (Phi) is 5.61. The van der Waals surface area contributed by atoms with Gasteiger partial charge in [-0.15, -0.1) is 0 Å². The molecule has 0 bridgehead atoms. The highest BCUT2D eigenvalue weighted by Gasteiger charge is 2.29. The van der Waals surface area contributed by atoms with Gasteiger partial charge in [0.05, 0.1) is 22.2 Å². The first-order chi connectivity index (χ1) is 17.5. The molecule has 1 aliphatic heterocycles. The minimum Gasteiger partial charge on any atom is -0.339 e. The number of benzene rings is 3. The minimum atomic E-state index is -0.165. The highest BCUT2D eigenvalue weighted by Crippen LogP contribution is 2.37. The van der Waals surface area contributed by atoms with Crippen molar-refractivity contribution in [3.8, 4) is 0 Å². The number of fused-ring (bicyclic) bond motifs is 5. The van der Waals surface area contributed by atoms with Gasteiger partial charge in [-0.2, -0.15) is 0 Å². The molecule has 2 amide bonds. The lowest BCUT2D eigenvalue weighted by molar-refractivity contribution is -0.121. The number of carbonyl (C=O) groups excluding carboxylic acids is 2. The van der Waals surface area contributed by atoms with E-state index < -0.39 is 0 Å². The Bertz CT molecular complexity index is 1630. The van der Waals surface area contributed by atoms with Crippen LogP contribution in [-0.2, 0) is 4.79 Å². The van der Waals surface area contributed by atoms with Crippen LogP contribution in [0.2, 0.25) is 5.02 Å². The second kappa shape index (κ2) is 8.95. The third kappa shape index (κ3) is 3.78. The molecule has 0 atom stereocenters. The molecule has 0 unspecified atom stereocenters. The molecule has 6 rings (SSSR count). The maximum absolute atomic E-state index is 13.5. The third-order valence-electron chi connectivity index (χ3n) is 7.13. The van der Waals surface area contributed by atoms with Gasteiger partial charge in [0.25, 0.3) is 5.91 Å². The topological polar surface area (TPSA) is 66.7 Å². The van der Waals surface area contributed by atoms with Crippen LogP contribution in [0.4, 0.5) is 5.69 Å². The molecular formula is C29H25ClN4O2. The number of hydrogen-bond donors (Lipinski definition) is 1. The Labute approximate surface area is 213 Å². The highest BCUT2D eigenvalue weighted by atomic mass is 35.5. The van der Waals surface area contributed by atoms with Crippen molar-refractivity contribution in [2.75, 3.05) is 18.4 Å². The summed E-state index contributed by atoms with van der Waals surface area (Å²) in [6.07, 6.45) is 1.24. The van der Waals surface area contributed by atoms with Crippen LogP contribution in [0.25, 0.3) is 27.3 Å². The molecule has 180 valence electrons. The number of halogens is 1. The summed E-state index contributed by atoms with van der Waals surface area (Å²) in [7, 11) is 0. The number of nitrogens with zero attached hydrogens (tertiary/aromatic N) is 3. The molecule has 7 heteroatoms. The lowest BCUT2D eigenvalue weighted by Gasteiger charge is -2.31. The van der Waals surface area contributed by atoms with Gasteiger partial charge in [0, 0.05) is 40.4 Å². The first-order valence-corrected chi connectivity index (χ1v) is 12.5. The predicted octanol–water partition coefficient (Wildman–Crippen LogP) is 6.09. The number of carbonyl (C=O) groups is 2. The van der Waals surface area contributed by atoms with Crippen LogP contribution in [0.3, 0.4) is 0 Å². The fourth-order valence-electron chi connectivity index (χ4n) is 5.30. The summed E-state index contributed by atoms with van der Waals surface area (Å²) < 4.78 is 2.13. The molecule has 0 radical (unpaired) electrons. The Morgan fingerprint density at radius 2 is 1.58 bits per heavy atom. The number of hydrogen-bond acceptors (Lipinski definition) is 3. The number of aryl methyl sites for hydroxylation is 1. The third-order valence-corrected chi connectivity index (χ3v) is 7.38. The molecule has 0 spiro atoms. The number of piperidine rings is 1. The zero-order valence-electron chi connectivity index (χ0n) is 19.9. The van der Waals surface area contributed by atoms with Gasteiger partial charge in [0.2, 0.25) is 5.91 Å². The quantitative estimate of drug-likeness (QED) is 0.328. The van der Waals surface area contributed by atoms with E-state index in [4.69, 9.17) is 16.6 Å². The fourth-order valence-corrected chi connectivity index (χ4v) is 5.42. The maximum Gasteiger partial charge on any atom is 0.253 e. The van der Waals surface area contributed by atoms with Gasteiger partial charge in [-0.05, 0) is 56.2 Å². The zero-order valence-corrected chi connectivity index (χ0v) is 20.6. The number of likely N-dealkylation sites (tertiary alicyclic amines) is 1. The fraction of sp³-hybridized carbons (Fsp3) is 0.207. The summed E-state index contributed by atoms with van der Waals surface area (Å²) in [4.78, 5) is 33.0. The molecule has 1 fully saturated rings. The lowest BCUT2D eigenvalue weighted by atomic mass is 9.95. The number of amides is 2. The highest BCUT2D eigenvalue weighted by molar-refractivity contribution is 6.30. The van der Waals surface area contributed by atoms with Crippen molar-refractivity contribution in [3.05, 3.63) is 89.2 Å². The van der Waals surface area contributed by atoms with Crippen LogP contribution in [0.1, 0.15) is 29.0 Å². The average molecular weight is 497 g/mol. The largest absolute Gasteiger partial charge is 0.339 e. The van der Waals surface area contributed by atoms with Crippen LogP contribution < -0.4 is 5.32 Å². The van der Waals surface area contributed by atoms with Gasteiger partial charge in [-0.3, -0.25) is 14.0 Å². The van der Waals surface area contributed by atoms with Gasteiger partial charge in [-0.1, -0.05) is 48.0 Å². The molecule has 5 aromatic rings. The smallest absolute Gasteiger partial charge is 0.253 e. The number of rotatable bonds is 3. The van der Waals surface area contributed by atoms with E-state index >= 15 is 0 Å². The van der Waals surface area contributed by atoms with E-state index in [9.17, 15) is 9.59 Å². The van der Waals surface area contributed by atoms with Crippen molar-refractivity contribution < 1.29 is 9.59 Å². The predicted molar refractivity (Wildman–Crippen MR) is 144 cm³/mol. The van der Waals surface area contributed by atoms with Gasteiger partial charge in [0.1, 0.15) is 5.82 Å². The molecule has 6 nitrogen and oxygen atoms in total. The van der Waals surface area contributed by atoms with Crippen LogP contribution in [0.15, 0.2) is 72.8 Å². The molecule has 2 aromatic heterocycles. The van der Waals surface area contributed by atoms with E-state index in [-0.39, 0.29) is 17.7 Å². The van der Waals surface area contributed by atoms with Crippen LogP contribution in [0.5, 0.6) is 0 Å². The van der Waals surface area contributed by atoms with Crippen molar-refractivity contribution in [3.63, 3.8) is 0 Å². The summed E-state index contributed by atoms with van der Waals surface area (Å²) in [5, 5.41) is 5.86. The van der Waals surface area contributed by atoms with E-state index in [0.717, 1.165) is 38.8 Å². The SMILES string of the molecule is Cc1nc2ccccc2c2c(NC(=O)C3CCN(C(=O)c4ccc(Cl)cc4)CC3)c3ccccc3n12. The Morgan fingerprint density at radius 3 is 2.33 bits per heavy atom. The van der Waals surface area contributed by atoms with Gasteiger partial charge in [0.15, 0.2) is 0 Å². The van der Waals surface area contributed by atoms with Crippen LogP contribution >= 0.6 is 11.6 Å². The van der Waals surface area contributed by atoms with Gasteiger partial charge < -0.3 is 10.2 Å². The maximum atomic E-state index is 13.5. The average Bonchev–Trinajstić information content (AvgIpc) is 3.24. The lowest BCUT2D eigenvalue weighted by Crippen LogP contribution is -2.41. The monoisotopic (exact) mass is 496 g/mol. The van der Waals surface area contributed by atoms with Gasteiger partial charge in [-0.25, -0.2) is 4.98 Å². The normalized spacial score (nSPS) is 14.6. The molecule has 1 aliphatic rings. The number of anilines is 1. The molecule has 1 saturated heterocycles. The Balaban J connectivity index is 1.29. The van der Waals surface area contributed by atoms with E-state index in [1.165, 1.54) is 0 Å². The van der Waals surface area contributed by atoms with Crippen molar-refractivity contribution in [1.82, 2.24) is 14.3 Å². The van der Waals surface area contributed by atoms with Crippen molar-refractivity contribution in [2.24, 2.45) is 5.92 Å². The van der Waals surface area contributed by atoms with Crippen molar-refractivity contribution in [1.29, 1.82) is 0 Å². The molecule has 1 N–H and O–H groups in total. The van der Waals surface area contributed by atoms with Crippen molar-refractivity contribution >= 4 is 56.4 Å². The molecule has 3 heterocycles. The minimum absolute atomic E-state index is 0.00890. The number of aromatic nitrogens is 2. The first-order valence-electron chi connectivity index (χ1n) is 12.2. The van der Waals surface area contributed by atoms with Crippen molar-refractivity contribution in [2.45, 2.75) is 19.8 Å². The number of para-hydroxylation sites is 2. The van der Waals surface area contributed by atoms with E-state index in [2.05, 4.69) is 15.8 Å². The molecule has 36 heavy (non-hydrogen) atoms. The van der Waals surface area contributed by atoms with Crippen LogP contribution in [-0.4, -0.2) is 39.2 Å². The molecule has 0 saturated carbocycles.